The summed E-state index contributed by atoms with van der Waals surface area (Å²) in [5.74, 6) is -0.175. The Hall–Kier alpha value is -2.38. The molecule has 0 N–H and O–H groups in total. The Morgan fingerprint density at radius 1 is 0.833 bits per heavy atom. The normalized spacial score (nSPS) is 11.5. The molecule has 0 aliphatic rings. The quantitative estimate of drug-likeness (QED) is 0.0524. The largest absolute Gasteiger partial charge is 0.618 e. The fourth-order valence-corrected chi connectivity index (χ4v) is 4.41. The third-order valence-electron chi connectivity index (χ3n) is 6.42. The van der Waals surface area contributed by atoms with Crippen molar-refractivity contribution in [1.29, 1.82) is 0 Å². The summed E-state index contributed by atoms with van der Waals surface area (Å²) in [5, 5.41) is 24.3. The van der Waals surface area contributed by atoms with E-state index in [1.54, 1.807) is 27.7 Å². The zero-order valence-electron chi connectivity index (χ0n) is 23.5. The second-order valence-corrected chi connectivity index (χ2v) is 10.8. The van der Waals surface area contributed by atoms with Crippen LogP contribution >= 0.6 is 0 Å². The van der Waals surface area contributed by atoms with Crippen LogP contribution in [0.4, 0.5) is 10.5 Å². The highest BCUT2D eigenvalue weighted by molar-refractivity contribution is 5.68. The molecule has 0 spiro atoms. The van der Waals surface area contributed by atoms with Crippen molar-refractivity contribution in [1.82, 2.24) is 0 Å². The Morgan fingerprint density at radius 3 is 1.69 bits per heavy atom. The summed E-state index contributed by atoms with van der Waals surface area (Å²) in [6, 6.07) is 0. The van der Waals surface area contributed by atoms with Crippen molar-refractivity contribution in [3.8, 4) is 5.75 Å². The molecule has 8 nitrogen and oxygen atoms in total. The lowest BCUT2D eigenvalue weighted by molar-refractivity contribution is -0.623. The first-order valence-electron chi connectivity index (χ1n) is 13.8. The Balaban J connectivity index is 2.58. The minimum Gasteiger partial charge on any atom is -0.618 e. The van der Waals surface area contributed by atoms with Gasteiger partial charge in [0.15, 0.2) is 5.69 Å². The maximum atomic E-state index is 12.6. The van der Waals surface area contributed by atoms with Gasteiger partial charge < -0.3 is 14.7 Å². The molecular formula is C28H48N2O6. The summed E-state index contributed by atoms with van der Waals surface area (Å²) in [4.78, 5) is 23.4. The van der Waals surface area contributed by atoms with Gasteiger partial charge in [-0.3, -0.25) is 10.1 Å². The van der Waals surface area contributed by atoms with Gasteiger partial charge >= 0.3 is 11.8 Å². The van der Waals surface area contributed by atoms with E-state index in [4.69, 9.17) is 9.47 Å². The van der Waals surface area contributed by atoms with Crippen LogP contribution in [0.5, 0.6) is 5.75 Å². The van der Waals surface area contributed by atoms with E-state index in [-0.39, 0.29) is 11.4 Å². The van der Waals surface area contributed by atoms with Gasteiger partial charge in [0.2, 0.25) is 5.75 Å². The molecule has 1 aromatic rings. The highest BCUT2D eigenvalue weighted by atomic mass is 16.7. The maximum absolute atomic E-state index is 12.6. The molecule has 206 valence electrons. The van der Waals surface area contributed by atoms with Gasteiger partial charge in [-0.1, -0.05) is 90.4 Å². The van der Waals surface area contributed by atoms with Crippen molar-refractivity contribution in [2.24, 2.45) is 0 Å². The standard InChI is InChI=1S/C28H48N2O6/c1-7-8-9-10-11-12-13-14-15-16-17-18-19-20-21-24-22(2)29(32)23(3)25(30(33)34)26(24)35-27(31)36-28(4,5)6/h7-21H2,1-6H3. The first kappa shape index (κ1) is 31.6. The van der Waals surface area contributed by atoms with Crippen LogP contribution in [-0.4, -0.2) is 16.7 Å². The SMILES string of the molecule is CCCCCCCCCCCCCCCCc1c(OC(=O)OC(C)(C)C)c([N+](=O)[O-])c(C)[n+]([O-])c1C. The first-order chi connectivity index (χ1) is 17.0. The lowest BCUT2D eigenvalue weighted by atomic mass is 10.0. The minimum absolute atomic E-state index is 0.110. The molecular weight excluding hydrogens is 460 g/mol. The van der Waals surface area contributed by atoms with Crippen molar-refractivity contribution < 1.29 is 23.9 Å². The lowest BCUT2D eigenvalue weighted by Crippen LogP contribution is -2.37. The fraction of sp³-hybridized carbons (Fsp3) is 0.786. The van der Waals surface area contributed by atoms with E-state index in [1.807, 2.05) is 0 Å². The van der Waals surface area contributed by atoms with E-state index >= 15 is 0 Å². The van der Waals surface area contributed by atoms with Gasteiger partial charge in [-0.25, -0.2) is 4.79 Å². The molecule has 0 saturated carbocycles. The molecule has 0 bridgehead atoms. The average molecular weight is 509 g/mol. The zero-order valence-corrected chi connectivity index (χ0v) is 23.5. The Kier molecular flexibility index (Phi) is 14.4. The molecule has 0 fully saturated rings. The van der Waals surface area contributed by atoms with Crippen molar-refractivity contribution in [2.45, 2.75) is 143 Å². The number of carbonyl (C=O) groups excluding carboxylic acids is 1. The topological polar surface area (TPSA) is 106 Å². The Labute approximate surface area is 217 Å². The number of nitro groups is 1. The van der Waals surface area contributed by atoms with Crippen LogP contribution in [0.15, 0.2) is 0 Å². The highest BCUT2D eigenvalue weighted by Gasteiger charge is 2.35. The Bertz CT molecular complexity index is 833. The summed E-state index contributed by atoms with van der Waals surface area (Å²) >= 11 is 0. The second-order valence-electron chi connectivity index (χ2n) is 10.8. The van der Waals surface area contributed by atoms with Crippen LogP contribution in [-0.2, 0) is 11.2 Å². The fourth-order valence-electron chi connectivity index (χ4n) is 4.41. The first-order valence-corrected chi connectivity index (χ1v) is 13.8. The molecule has 1 aromatic heterocycles. The van der Waals surface area contributed by atoms with Gasteiger partial charge in [-0.2, -0.15) is 4.73 Å². The number of ether oxygens (including phenoxy) is 2. The zero-order chi connectivity index (χ0) is 27.1. The molecule has 0 unspecified atom stereocenters. The second kappa shape index (κ2) is 16.4. The number of hydrogen-bond acceptors (Lipinski definition) is 6. The van der Waals surface area contributed by atoms with E-state index in [9.17, 15) is 20.1 Å². The van der Waals surface area contributed by atoms with Gasteiger partial charge in [0, 0.05) is 13.8 Å². The summed E-state index contributed by atoms with van der Waals surface area (Å²) < 4.78 is 11.1. The molecule has 8 heteroatoms. The number of unbranched alkanes of at least 4 members (excludes halogenated alkanes) is 13. The number of carbonyl (C=O) groups is 1. The van der Waals surface area contributed by atoms with Crippen molar-refractivity contribution in [3.05, 3.63) is 32.3 Å². The van der Waals surface area contributed by atoms with Gasteiger partial charge in [0.25, 0.3) is 5.69 Å². The molecule has 0 aliphatic carbocycles. The number of nitrogens with zero attached hydrogens (tertiary/aromatic N) is 2. The van der Waals surface area contributed by atoms with Crippen LogP contribution in [0.1, 0.15) is 135 Å². The van der Waals surface area contributed by atoms with E-state index in [0.717, 1.165) is 25.7 Å². The van der Waals surface area contributed by atoms with Crippen molar-refractivity contribution in [3.63, 3.8) is 0 Å². The van der Waals surface area contributed by atoms with E-state index in [1.165, 1.54) is 71.1 Å². The van der Waals surface area contributed by atoms with Gasteiger partial charge in [0.05, 0.1) is 10.5 Å². The minimum atomic E-state index is -1.02. The van der Waals surface area contributed by atoms with Crippen LogP contribution in [0.25, 0.3) is 0 Å². The molecule has 0 aliphatic heterocycles. The lowest BCUT2D eigenvalue weighted by Gasteiger charge is -2.20. The number of hydrogen-bond donors (Lipinski definition) is 0. The van der Waals surface area contributed by atoms with Gasteiger partial charge in [-0.15, -0.1) is 0 Å². The summed E-state index contributed by atoms with van der Waals surface area (Å²) in [5.41, 5.74) is -0.695. The third-order valence-corrected chi connectivity index (χ3v) is 6.42. The van der Waals surface area contributed by atoms with Crippen molar-refractivity contribution >= 4 is 11.8 Å². The summed E-state index contributed by atoms with van der Waals surface area (Å²) in [7, 11) is 0. The molecule has 36 heavy (non-hydrogen) atoms. The molecule has 1 heterocycles. The van der Waals surface area contributed by atoms with Gasteiger partial charge in [-0.05, 0) is 33.6 Å². The number of aromatic nitrogens is 1. The maximum Gasteiger partial charge on any atom is 0.514 e. The molecule has 0 radical (unpaired) electrons. The monoisotopic (exact) mass is 508 g/mol. The molecule has 0 amide bonds. The average Bonchev–Trinajstić information content (AvgIpc) is 2.78. The number of pyridine rings is 1. The van der Waals surface area contributed by atoms with E-state index in [0.29, 0.717) is 22.4 Å². The smallest absolute Gasteiger partial charge is 0.514 e. The summed E-state index contributed by atoms with van der Waals surface area (Å²) in [6.07, 6.45) is 16.6. The van der Waals surface area contributed by atoms with E-state index in [2.05, 4.69) is 6.92 Å². The third kappa shape index (κ3) is 11.6. The van der Waals surface area contributed by atoms with Crippen LogP contribution in [0.2, 0.25) is 0 Å². The van der Waals surface area contributed by atoms with Crippen LogP contribution in [0, 0.1) is 29.2 Å². The van der Waals surface area contributed by atoms with E-state index < -0.39 is 22.4 Å². The molecule has 0 saturated heterocycles. The predicted molar refractivity (Wildman–Crippen MR) is 142 cm³/mol. The number of rotatable bonds is 17. The van der Waals surface area contributed by atoms with Crippen molar-refractivity contribution in [2.75, 3.05) is 0 Å². The Morgan fingerprint density at radius 2 is 1.28 bits per heavy atom. The molecule has 0 atom stereocenters. The predicted octanol–water partition coefficient (Wildman–Crippen LogP) is 8.18. The van der Waals surface area contributed by atoms with Crippen LogP contribution in [0.3, 0.4) is 0 Å². The highest BCUT2D eigenvalue weighted by Crippen LogP contribution is 2.36. The van der Waals surface area contributed by atoms with Crippen LogP contribution < -0.4 is 9.47 Å². The molecule has 1 rings (SSSR count). The molecule has 0 aromatic carbocycles. The summed E-state index contributed by atoms with van der Waals surface area (Å²) in [6.45, 7) is 10.3. The van der Waals surface area contributed by atoms with Gasteiger partial charge in [0.1, 0.15) is 5.60 Å².